The third-order valence-corrected chi connectivity index (χ3v) is 3.14. The Morgan fingerprint density at radius 2 is 2.06 bits per heavy atom. The first-order chi connectivity index (χ1) is 8.21. The first-order valence-electron chi connectivity index (χ1n) is 6.08. The molecule has 2 rings (SSSR count). The minimum atomic E-state index is 0.836. The maximum Gasteiger partial charge on any atom is 0.130 e. The normalized spacial score (nSPS) is 10.8. The van der Waals surface area contributed by atoms with Gasteiger partial charge in [-0.05, 0) is 38.5 Å². The van der Waals surface area contributed by atoms with Gasteiger partial charge in [-0.1, -0.05) is 12.6 Å². The van der Waals surface area contributed by atoms with E-state index in [4.69, 9.17) is 0 Å². The van der Waals surface area contributed by atoms with Crippen molar-refractivity contribution < 1.29 is 0 Å². The Bertz CT molecular complexity index is 536. The Balaban J connectivity index is 2.67. The van der Waals surface area contributed by atoms with E-state index in [-0.39, 0.29) is 0 Å². The van der Waals surface area contributed by atoms with E-state index in [1.165, 1.54) is 11.3 Å². The fourth-order valence-corrected chi connectivity index (χ4v) is 2.15. The van der Waals surface area contributed by atoms with E-state index >= 15 is 0 Å². The SMILES string of the molecule is C=Cc1nc2c(C)ccc(N(CC)CC)c2[nH]1. The molecule has 3 heteroatoms. The summed E-state index contributed by atoms with van der Waals surface area (Å²) in [6.45, 7) is 12.2. The van der Waals surface area contributed by atoms with E-state index in [0.29, 0.717) is 0 Å². The number of fused-ring (bicyclic) bond motifs is 1. The maximum absolute atomic E-state index is 4.54. The zero-order valence-corrected chi connectivity index (χ0v) is 10.7. The summed E-state index contributed by atoms with van der Waals surface area (Å²) in [4.78, 5) is 10.2. The van der Waals surface area contributed by atoms with E-state index in [9.17, 15) is 0 Å². The molecule has 1 aromatic carbocycles. The Morgan fingerprint density at radius 1 is 1.35 bits per heavy atom. The van der Waals surface area contributed by atoms with E-state index < -0.39 is 0 Å². The topological polar surface area (TPSA) is 31.9 Å². The lowest BCUT2D eigenvalue weighted by Gasteiger charge is -2.21. The third-order valence-electron chi connectivity index (χ3n) is 3.14. The van der Waals surface area contributed by atoms with Crippen LogP contribution in [0.1, 0.15) is 25.2 Å². The van der Waals surface area contributed by atoms with Crippen molar-refractivity contribution in [1.82, 2.24) is 9.97 Å². The number of nitrogens with zero attached hydrogens (tertiary/aromatic N) is 2. The van der Waals surface area contributed by atoms with Crippen LogP contribution >= 0.6 is 0 Å². The number of benzene rings is 1. The Hall–Kier alpha value is -1.77. The monoisotopic (exact) mass is 229 g/mol. The highest BCUT2D eigenvalue weighted by atomic mass is 15.1. The van der Waals surface area contributed by atoms with Gasteiger partial charge in [0, 0.05) is 13.1 Å². The van der Waals surface area contributed by atoms with Gasteiger partial charge in [-0.3, -0.25) is 0 Å². The molecule has 1 N–H and O–H groups in total. The van der Waals surface area contributed by atoms with Gasteiger partial charge in [0.25, 0.3) is 0 Å². The fourth-order valence-electron chi connectivity index (χ4n) is 2.15. The molecule has 0 atom stereocenters. The van der Waals surface area contributed by atoms with Crippen LogP contribution in [0.15, 0.2) is 18.7 Å². The molecule has 90 valence electrons. The predicted molar refractivity (Wildman–Crippen MR) is 74.5 cm³/mol. The quantitative estimate of drug-likeness (QED) is 0.871. The number of rotatable bonds is 4. The van der Waals surface area contributed by atoms with Crippen molar-refractivity contribution in [3.05, 3.63) is 30.1 Å². The number of imidazole rings is 1. The highest BCUT2D eigenvalue weighted by molar-refractivity contribution is 5.91. The molecule has 17 heavy (non-hydrogen) atoms. The summed E-state index contributed by atoms with van der Waals surface area (Å²) in [5.41, 5.74) is 4.57. The molecule has 2 aromatic rings. The summed E-state index contributed by atoms with van der Waals surface area (Å²) >= 11 is 0. The Labute approximate surface area is 102 Å². The van der Waals surface area contributed by atoms with Gasteiger partial charge in [0.15, 0.2) is 0 Å². The Kier molecular flexibility index (Phi) is 3.18. The van der Waals surface area contributed by atoms with Crippen molar-refractivity contribution in [3.8, 4) is 0 Å². The number of hydrogen-bond acceptors (Lipinski definition) is 2. The second-order valence-electron chi connectivity index (χ2n) is 4.12. The second kappa shape index (κ2) is 4.62. The molecule has 3 nitrogen and oxygen atoms in total. The summed E-state index contributed by atoms with van der Waals surface area (Å²) in [6.07, 6.45) is 1.76. The van der Waals surface area contributed by atoms with Crippen LogP contribution in [0.5, 0.6) is 0 Å². The molecule has 0 aliphatic heterocycles. The number of aryl methyl sites for hydroxylation is 1. The summed E-state index contributed by atoms with van der Waals surface area (Å²) in [6, 6.07) is 4.29. The smallest absolute Gasteiger partial charge is 0.130 e. The van der Waals surface area contributed by atoms with Crippen molar-refractivity contribution >= 4 is 22.8 Å². The lowest BCUT2D eigenvalue weighted by Crippen LogP contribution is -2.22. The molecular formula is C14H19N3. The minimum absolute atomic E-state index is 0.836. The van der Waals surface area contributed by atoms with Crippen LogP contribution in [-0.4, -0.2) is 23.1 Å². The zero-order valence-electron chi connectivity index (χ0n) is 10.7. The molecule has 0 unspecified atom stereocenters. The van der Waals surface area contributed by atoms with Crippen LogP contribution in [0, 0.1) is 6.92 Å². The van der Waals surface area contributed by atoms with Crippen LogP contribution in [0.4, 0.5) is 5.69 Å². The van der Waals surface area contributed by atoms with E-state index in [1.54, 1.807) is 6.08 Å². The first-order valence-corrected chi connectivity index (χ1v) is 6.08. The number of aromatic nitrogens is 2. The van der Waals surface area contributed by atoms with Gasteiger partial charge in [-0.15, -0.1) is 0 Å². The molecular weight excluding hydrogens is 210 g/mol. The van der Waals surface area contributed by atoms with Gasteiger partial charge in [-0.2, -0.15) is 0 Å². The molecule has 0 saturated heterocycles. The van der Waals surface area contributed by atoms with Crippen LogP contribution < -0.4 is 4.90 Å². The summed E-state index contributed by atoms with van der Waals surface area (Å²) in [5.74, 6) is 0.836. The van der Waals surface area contributed by atoms with Crippen molar-refractivity contribution in [2.24, 2.45) is 0 Å². The first kappa shape index (κ1) is 11.7. The van der Waals surface area contributed by atoms with E-state index in [0.717, 1.165) is 29.9 Å². The molecule has 0 saturated carbocycles. The summed E-state index contributed by atoms with van der Waals surface area (Å²) in [5, 5.41) is 0. The van der Waals surface area contributed by atoms with Gasteiger partial charge in [0.1, 0.15) is 5.82 Å². The molecule has 1 aromatic heterocycles. The predicted octanol–water partition coefficient (Wildman–Crippen LogP) is 3.36. The van der Waals surface area contributed by atoms with Crippen LogP contribution in [0.3, 0.4) is 0 Å². The van der Waals surface area contributed by atoms with Crippen molar-refractivity contribution in [3.63, 3.8) is 0 Å². The second-order valence-corrected chi connectivity index (χ2v) is 4.12. The Morgan fingerprint density at radius 3 is 2.65 bits per heavy atom. The van der Waals surface area contributed by atoms with Gasteiger partial charge < -0.3 is 9.88 Å². The molecule has 0 radical (unpaired) electrons. The standard InChI is InChI=1S/C14H19N3/c1-5-12-15-13-10(4)8-9-11(14(13)16-12)17(6-2)7-3/h5,8-9H,1,6-7H2,2-4H3,(H,15,16). The number of anilines is 1. The van der Waals surface area contributed by atoms with E-state index in [1.807, 2.05) is 0 Å². The van der Waals surface area contributed by atoms with Crippen LogP contribution in [0.2, 0.25) is 0 Å². The number of hydrogen-bond donors (Lipinski definition) is 1. The zero-order chi connectivity index (χ0) is 12.4. The van der Waals surface area contributed by atoms with Gasteiger partial charge in [0.05, 0.1) is 16.7 Å². The average molecular weight is 229 g/mol. The molecule has 0 bridgehead atoms. The molecule has 0 amide bonds. The van der Waals surface area contributed by atoms with Gasteiger partial charge in [0.2, 0.25) is 0 Å². The van der Waals surface area contributed by atoms with Gasteiger partial charge in [-0.25, -0.2) is 4.98 Å². The number of aromatic amines is 1. The van der Waals surface area contributed by atoms with Crippen molar-refractivity contribution in [1.29, 1.82) is 0 Å². The van der Waals surface area contributed by atoms with Gasteiger partial charge >= 0.3 is 0 Å². The fraction of sp³-hybridized carbons (Fsp3) is 0.357. The molecule has 1 heterocycles. The molecule has 0 fully saturated rings. The number of H-pyrrole nitrogens is 1. The lowest BCUT2D eigenvalue weighted by atomic mass is 10.1. The van der Waals surface area contributed by atoms with Crippen molar-refractivity contribution in [2.75, 3.05) is 18.0 Å². The number of nitrogens with one attached hydrogen (secondary N) is 1. The van der Waals surface area contributed by atoms with Crippen molar-refractivity contribution in [2.45, 2.75) is 20.8 Å². The minimum Gasteiger partial charge on any atom is -0.370 e. The lowest BCUT2D eigenvalue weighted by molar-refractivity contribution is 0.869. The molecule has 0 aliphatic carbocycles. The highest BCUT2D eigenvalue weighted by Gasteiger charge is 2.11. The average Bonchev–Trinajstić information content (AvgIpc) is 2.78. The van der Waals surface area contributed by atoms with Crippen LogP contribution in [0.25, 0.3) is 17.1 Å². The third kappa shape index (κ3) is 1.93. The molecule has 0 aliphatic rings. The van der Waals surface area contributed by atoms with E-state index in [2.05, 4.69) is 54.4 Å². The molecule has 0 spiro atoms. The summed E-state index contributed by atoms with van der Waals surface area (Å²) < 4.78 is 0. The van der Waals surface area contributed by atoms with Crippen LogP contribution in [-0.2, 0) is 0 Å². The highest BCUT2D eigenvalue weighted by Crippen LogP contribution is 2.27. The maximum atomic E-state index is 4.54. The largest absolute Gasteiger partial charge is 0.370 e. The summed E-state index contributed by atoms with van der Waals surface area (Å²) in [7, 11) is 0.